The Balaban J connectivity index is 0.000000186. The van der Waals surface area contributed by atoms with Gasteiger partial charge in [-0.15, -0.1) is 5.10 Å². The van der Waals surface area contributed by atoms with Crippen LogP contribution in [0.2, 0.25) is 5.02 Å². The van der Waals surface area contributed by atoms with Gasteiger partial charge < -0.3 is 10.8 Å². The highest BCUT2D eigenvalue weighted by molar-refractivity contribution is 7.88. The second kappa shape index (κ2) is 7.53. The molecule has 9 nitrogen and oxygen atoms in total. The molecule has 1 atom stereocenters. The minimum atomic E-state index is -3.09. The van der Waals surface area contributed by atoms with E-state index in [2.05, 4.69) is 10.1 Å². The lowest BCUT2D eigenvalue weighted by Gasteiger charge is -2.27. The number of nitrogen functional groups attached to an aromatic ring is 1. The van der Waals surface area contributed by atoms with Crippen LogP contribution in [0.15, 0.2) is 6.20 Å². The zero-order valence-electron chi connectivity index (χ0n) is 13.8. The Bertz CT molecular complexity index is 921. The summed E-state index contributed by atoms with van der Waals surface area (Å²) in [5, 5.41) is 22.3. The highest BCUT2D eigenvalue weighted by Gasteiger charge is 2.23. The molecule has 2 aromatic rings. The summed E-state index contributed by atoms with van der Waals surface area (Å²) in [5.74, 6) is 0.150. The fraction of sp³-hybridized carbons (Fsp3) is 0.500. The highest BCUT2D eigenvalue weighted by Crippen LogP contribution is 2.26. The van der Waals surface area contributed by atoms with Crippen molar-refractivity contribution >= 4 is 33.1 Å². The number of anilines is 1. The number of piperidine rings is 1. The third-order valence-electron chi connectivity index (χ3n) is 3.81. The maximum absolute atomic E-state index is 10.9. The Labute approximate surface area is 150 Å². The fourth-order valence-corrected chi connectivity index (χ4v) is 3.73. The largest absolute Gasteiger partial charge is 0.392 e. The van der Waals surface area contributed by atoms with Crippen LogP contribution in [0.4, 0.5) is 5.95 Å². The number of rotatable bonds is 1. The van der Waals surface area contributed by atoms with Gasteiger partial charge in [-0.05, 0) is 19.8 Å². The van der Waals surface area contributed by atoms with Crippen LogP contribution < -0.4 is 5.73 Å². The lowest BCUT2D eigenvalue weighted by molar-refractivity contribution is 0.108. The second-order valence-electron chi connectivity index (χ2n) is 5.72. The average Bonchev–Trinajstić information content (AvgIpc) is 2.77. The van der Waals surface area contributed by atoms with E-state index in [0.29, 0.717) is 34.8 Å². The quantitative estimate of drug-likeness (QED) is 0.729. The van der Waals surface area contributed by atoms with E-state index in [1.807, 2.05) is 6.07 Å². The molecule has 25 heavy (non-hydrogen) atoms. The smallest absolute Gasteiger partial charge is 0.238 e. The summed E-state index contributed by atoms with van der Waals surface area (Å²) in [6.45, 7) is 2.57. The molecule has 1 unspecified atom stereocenters. The number of aliphatic hydroxyl groups excluding tert-OH is 1. The molecule has 0 bridgehead atoms. The van der Waals surface area contributed by atoms with E-state index in [-0.39, 0.29) is 12.5 Å². The monoisotopic (exact) mass is 386 g/mol. The molecule has 1 aliphatic heterocycles. The van der Waals surface area contributed by atoms with Crippen LogP contribution in [-0.2, 0) is 10.0 Å². The first kappa shape index (κ1) is 19.4. The van der Waals surface area contributed by atoms with E-state index in [1.165, 1.54) is 21.3 Å². The van der Waals surface area contributed by atoms with Crippen molar-refractivity contribution in [3.8, 4) is 6.07 Å². The number of fused-ring (bicyclic) bond motifs is 1. The molecule has 3 heterocycles. The van der Waals surface area contributed by atoms with Gasteiger partial charge in [-0.2, -0.15) is 9.57 Å². The fourth-order valence-electron chi connectivity index (χ4n) is 2.51. The molecule has 0 spiro atoms. The molecular weight excluding hydrogens is 368 g/mol. The van der Waals surface area contributed by atoms with Gasteiger partial charge in [-0.25, -0.2) is 17.9 Å². The predicted molar refractivity (Wildman–Crippen MR) is 93.5 cm³/mol. The molecule has 3 N–H and O–H groups in total. The summed E-state index contributed by atoms with van der Waals surface area (Å²) in [6, 6.07) is 2.01. The number of aliphatic hydroxyl groups is 1. The molecule has 0 amide bonds. The number of nitriles is 1. The average molecular weight is 387 g/mol. The maximum Gasteiger partial charge on any atom is 0.238 e. The molecule has 136 valence electrons. The van der Waals surface area contributed by atoms with Crippen LogP contribution in [0.3, 0.4) is 0 Å². The molecule has 0 saturated carbocycles. The number of nitrogens with two attached hydrogens (primary N) is 1. The Hall–Kier alpha value is -1.93. The van der Waals surface area contributed by atoms with Crippen molar-refractivity contribution in [2.45, 2.75) is 25.9 Å². The van der Waals surface area contributed by atoms with Crippen LogP contribution in [0.1, 0.15) is 24.1 Å². The topological polar surface area (TPSA) is 138 Å². The molecule has 3 rings (SSSR count). The Kier molecular flexibility index (Phi) is 5.84. The summed E-state index contributed by atoms with van der Waals surface area (Å²) >= 11 is 5.95. The number of sulfonamides is 1. The lowest BCUT2D eigenvalue weighted by atomic mass is 10.1. The highest BCUT2D eigenvalue weighted by atomic mass is 35.5. The van der Waals surface area contributed by atoms with Crippen LogP contribution in [0.25, 0.3) is 5.52 Å². The third kappa shape index (κ3) is 4.38. The SMILES string of the molecule is CS(=O)(=O)N1CCCC(O)C1.Cc1c(C#N)c(Cl)c2cnc(N)nn12. The number of nitrogens with zero attached hydrogens (tertiary/aromatic N) is 5. The molecular formula is C14H19ClN6O3S. The van der Waals surface area contributed by atoms with E-state index in [4.69, 9.17) is 27.7 Å². The van der Waals surface area contributed by atoms with Gasteiger partial charge in [0.25, 0.3) is 0 Å². The van der Waals surface area contributed by atoms with Crippen LogP contribution in [0, 0.1) is 18.3 Å². The molecule has 0 radical (unpaired) electrons. The molecule has 1 aliphatic rings. The Morgan fingerprint density at radius 1 is 1.52 bits per heavy atom. The van der Waals surface area contributed by atoms with Crippen molar-refractivity contribution in [1.29, 1.82) is 5.26 Å². The first-order chi connectivity index (χ1) is 11.6. The van der Waals surface area contributed by atoms with Gasteiger partial charge in [-0.1, -0.05) is 11.6 Å². The van der Waals surface area contributed by atoms with E-state index < -0.39 is 16.1 Å². The molecule has 1 saturated heterocycles. The number of hydrogen-bond acceptors (Lipinski definition) is 7. The van der Waals surface area contributed by atoms with Crippen LogP contribution >= 0.6 is 11.6 Å². The Morgan fingerprint density at radius 3 is 2.72 bits per heavy atom. The number of aryl methyl sites for hydroxylation is 1. The van der Waals surface area contributed by atoms with E-state index in [0.717, 1.165) is 6.42 Å². The maximum atomic E-state index is 10.9. The first-order valence-corrected chi connectivity index (χ1v) is 9.70. The molecule has 11 heteroatoms. The zero-order valence-corrected chi connectivity index (χ0v) is 15.4. The summed E-state index contributed by atoms with van der Waals surface area (Å²) in [7, 11) is -3.09. The molecule has 1 fully saturated rings. The minimum absolute atomic E-state index is 0.150. The Morgan fingerprint density at radius 2 is 2.20 bits per heavy atom. The third-order valence-corrected chi connectivity index (χ3v) is 5.47. The van der Waals surface area contributed by atoms with Gasteiger partial charge in [-0.3, -0.25) is 0 Å². The van der Waals surface area contributed by atoms with Gasteiger partial charge in [0.1, 0.15) is 11.6 Å². The van der Waals surface area contributed by atoms with Gasteiger partial charge >= 0.3 is 0 Å². The summed E-state index contributed by atoms with van der Waals surface area (Å²) in [5.41, 5.74) is 7.09. The minimum Gasteiger partial charge on any atom is -0.392 e. The summed E-state index contributed by atoms with van der Waals surface area (Å²) in [4.78, 5) is 3.81. The molecule has 0 aliphatic carbocycles. The van der Waals surface area contributed by atoms with Crippen molar-refractivity contribution in [2.75, 3.05) is 25.1 Å². The lowest BCUT2D eigenvalue weighted by Crippen LogP contribution is -2.41. The van der Waals surface area contributed by atoms with Crippen molar-refractivity contribution in [3.05, 3.63) is 22.5 Å². The van der Waals surface area contributed by atoms with Gasteiger partial charge in [0, 0.05) is 13.1 Å². The van der Waals surface area contributed by atoms with E-state index in [9.17, 15) is 8.42 Å². The number of aromatic nitrogens is 3. The standard InChI is InChI=1S/C8H6ClN5.C6H13NO3S/c1-4-5(2-10)7(9)6-3-12-8(11)13-14(4)6;1-11(9,10)7-4-2-3-6(8)5-7/h3H,1H3,(H2,11,13);6,8H,2-5H2,1H3. The van der Waals surface area contributed by atoms with Crippen molar-refractivity contribution in [3.63, 3.8) is 0 Å². The summed E-state index contributed by atoms with van der Waals surface area (Å²) in [6.07, 6.45) is 3.67. The number of β-amino-alcohol motifs (C(OH)–C–C–N with tert-alkyl or cyclic N) is 1. The van der Waals surface area contributed by atoms with Crippen molar-refractivity contribution in [1.82, 2.24) is 18.9 Å². The predicted octanol–water partition coefficient (Wildman–Crippen LogP) is 0.548. The summed E-state index contributed by atoms with van der Waals surface area (Å²) < 4.78 is 24.7. The van der Waals surface area contributed by atoms with E-state index in [1.54, 1.807) is 6.92 Å². The molecule has 2 aromatic heterocycles. The van der Waals surface area contributed by atoms with Crippen LogP contribution in [0.5, 0.6) is 0 Å². The molecule has 0 aromatic carbocycles. The van der Waals surface area contributed by atoms with E-state index >= 15 is 0 Å². The van der Waals surface area contributed by atoms with Gasteiger partial charge in [0.05, 0.1) is 34.8 Å². The van der Waals surface area contributed by atoms with Crippen molar-refractivity contribution in [2.24, 2.45) is 0 Å². The van der Waals surface area contributed by atoms with Crippen LogP contribution in [-0.4, -0.2) is 57.9 Å². The number of halogens is 1. The van der Waals surface area contributed by atoms with Crippen molar-refractivity contribution < 1.29 is 13.5 Å². The van der Waals surface area contributed by atoms with Gasteiger partial charge in [0.15, 0.2) is 0 Å². The van der Waals surface area contributed by atoms with Gasteiger partial charge in [0.2, 0.25) is 16.0 Å². The zero-order chi connectivity index (χ0) is 18.8. The normalized spacial score (nSPS) is 18.4. The first-order valence-electron chi connectivity index (χ1n) is 7.47. The number of hydrogen-bond donors (Lipinski definition) is 2. The second-order valence-corrected chi connectivity index (χ2v) is 8.08.